The molecule has 1 aliphatic carbocycles. The number of hydrogen-bond donors (Lipinski definition) is 4. The maximum absolute atomic E-state index is 14.4. The number of para-hydroxylation sites is 1. The second-order valence-corrected chi connectivity index (χ2v) is 24.2. The lowest BCUT2D eigenvalue weighted by Crippen LogP contribution is -2.55. The number of nitrogen functional groups attached to an aromatic ring is 1. The monoisotopic (exact) mass is 1140 g/mol. The van der Waals surface area contributed by atoms with E-state index in [9.17, 15) is 24.6 Å². The van der Waals surface area contributed by atoms with Gasteiger partial charge in [0.05, 0.1) is 51.8 Å². The summed E-state index contributed by atoms with van der Waals surface area (Å²) < 4.78 is 18.9. The molecule has 6 aromatic rings. The number of fused-ring (bicyclic) bond motifs is 2. The third-order valence-corrected chi connectivity index (χ3v) is 18.5. The number of nitrogens with two attached hydrogens (primary N) is 1. The van der Waals surface area contributed by atoms with Crippen molar-refractivity contribution in [2.24, 2.45) is 5.92 Å². The first kappa shape index (κ1) is 55.0. The van der Waals surface area contributed by atoms with E-state index in [1.807, 2.05) is 91.7 Å². The molecule has 22 heteroatoms. The third kappa shape index (κ3) is 11.4. The molecule has 432 valence electrons. The molecule has 4 amide bonds. The molecule has 5 N–H and O–H groups in total. The van der Waals surface area contributed by atoms with Gasteiger partial charge in [-0.25, -0.2) is 14.8 Å². The van der Waals surface area contributed by atoms with E-state index in [1.165, 1.54) is 4.90 Å². The summed E-state index contributed by atoms with van der Waals surface area (Å²) in [6.07, 6.45) is 6.58. The Bertz CT molecular complexity index is 3230. The number of β-amino-alcohol motifs (C(OH)–C–C–N with tert-alkyl or cyclic N) is 1. The molecule has 0 radical (unpaired) electrons. The molecule has 21 nitrogen and oxygen atoms in total. The number of rotatable bonds is 15. The van der Waals surface area contributed by atoms with Crippen molar-refractivity contribution in [1.29, 1.82) is 0 Å². The van der Waals surface area contributed by atoms with Crippen molar-refractivity contribution in [3.05, 3.63) is 102 Å². The number of urea groups is 1. The molecule has 6 atom stereocenters. The van der Waals surface area contributed by atoms with Gasteiger partial charge in [-0.1, -0.05) is 55.4 Å². The van der Waals surface area contributed by atoms with Crippen LogP contribution < -0.4 is 30.5 Å². The number of pyridine rings is 1. The minimum absolute atomic E-state index is 0.0207. The summed E-state index contributed by atoms with van der Waals surface area (Å²) in [7, 11) is 0. The average Bonchev–Trinajstić information content (AvgIpc) is 4.45. The van der Waals surface area contributed by atoms with E-state index in [0.29, 0.717) is 73.8 Å². The van der Waals surface area contributed by atoms with Gasteiger partial charge in [0.2, 0.25) is 17.7 Å². The number of aromatic nitrogens is 5. The highest BCUT2D eigenvalue weighted by molar-refractivity contribution is 7.13. The van der Waals surface area contributed by atoms with E-state index in [0.717, 1.165) is 84.7 Å². The van der Waals surface area contributed by atoms with Gasteiger partial charge in [-0.05, 0) is 80.8 Å². The lowest BCUT2D eigenvalue weighted by atomic mass is 9.91. The number of nitrogens with zero attached hydrogens (tertiary/aromatic N) is 11. The van der Waals surface area contributed by atoms with Crippen LogP contribution in [0.1, 0.15) is 94.7 Å². The third-order valence-electron chi connectivity index (χ3n) is 17.5. The Morgan fingerprint density at radius 2 is 1.54 bits per heavy atom. The number of aryl methyl sites for hydroxylation is 1. The molecule has 5 aliphatic heterocycles. The minimum Gasteiger partial charge on any atom is -0.507 e. The van der Waals surface area contributed by atoms with Gasteiger partial charge < -0.3 is 64.7 Å². The number of phenols is 1. The van der Waals surface area contributed by atoms with Crippen LogP contribution in [0.15, 0.2) is 89.0 Å². The number of aliphatic hydroxyl groups excluding tert-OH is 1. The Kier molecular flexibility index (Phi) is 15.7. The fraction of sp³-hybridized carbons (Fsp3) is 0.500. The normalized spacial score (nSPS) is 23.7. The lowest BCUT2D eigenvalue weighted by molar-refractivity contribution is -0.141. The topological polar surface area (TPSA) is 245 Å². The van der Waals surface area contributed by atoms with Crippen LogP contribution in [-0.2, 0) is 14.3 Å². The van der Waals surface area contributed by atoms with Crippen molar-refractivity contribution in [3.8, 4) is 33.3 Å². The smallest absolute Gasteiger partial charge is 0.320 e. The zero-order valence-corrected chi connectivity index (χ0v) is 47.7. The zero-order chi connectivity index (χ0) is 56.8. The number of piperazine rings is 2. The molecule has 82 heavy (non-hydrogen) atoms. The van der Waals surface area contributed by atoms with Crippen LogP contribution in [0.25, 0.3) is 21.7 Å². The highest BCUT2D eigenvalue weighted by Crippen LogP contribution is 2.41. The SMILES string of the molecule is Cc1ncsc1-c1ccc([C@H](C)NC(=O)[C@@H]2C[C@@H](O)CN2C(=O)[C@H](c2cc(N3CCN(C(=O)N4CCC(OC5CC(Oc6cc(N7C8CC[C@@H]7CN(c7cc(-c9ccccc9O)nnc7N)C8)ccn6)C5)CC4)CC3)no2)C(C)C)cc1. The number of phenolic OH excluding ortho intramolecular Hbond substituents is 1. The van der Waals surface area contributed by atoms with Crippen molar-refractivity contribution in [2.75, 3.05) is 79.3 Å². The summed E-state index contributed by atoms with van der Waals surface area (Å²) in [6.45, 7) is 12.8. The van der Waals surface area contributed by atoms with Crippen molar-refractivity contribution in [2.45, 2.75) is 127 Å². The number of benzene rings is 2. The van der Waals surface area contributed by atoms with Gasteiger partial charge in [0.15, 0.2) is 17.4 Å². The van der Waals surface area contributed by atoms with Gasteiger partial charge in [-0.15, -0.1) is 21.5 Å². The molecule has 5 saturated heterocycles. The second-order valence-electron chi connectivity index (χ2n) is 23.3. The molecule has 1 unspecified atom stereocenters. The number of thiazole rings is 1. The van der Waals surface area contributed by atoms with Gasteiger partial charge in [0, 0.05) is 120 Å². The Labute approximate surface area is 481 Å². The Hall–Kier alpha value is -7.56. The van der Waals surface area contributed by atoms with E-state index in [1.54, 1.807) is 29.5 Å². The van der Waals surface area contributed by atoms with E-state index in [-0.39, 0.29) is 78.9 Å². The van der Waals surface area contributed by atoms with Gasteiger partial charge in [-0.2, -0.15) is 0 Å². The molecular weight excluding hydrogens is 1060 g/mol. The van der Waals surface area contributed by atoms with Gasteiger partial charge in [0.25, 0.3) is 0 Å². The number of nitrogens with one attached hydrogen (secondary N) is 1. The lowest BCUT2D eigenvalue weighted by Gasteiger charge is -2.43. The van der Waals surface area contributed by atoms with Crippen LogP contribution in [0.4, 0.5) is 27.8 Å². The molecule has 1 saturated carbocycles. The number of ether oxygens (including phenoxy) is 2. The number of likely N-dealkylation sites (tertiary alicyclic amines) is 2. The first-order valence-electron chi connectivity index (χ1n) is 29.0. The van der Waals surface area contributed by atoms with E-state index in [4.69, 9.17) is 19.7 Å². The second kappa shape index (κ2) is 23.4. The van der Waals surface area contributed by atoms with Crippen LogP contribution in [0.2, 0.25) is 0 Å². The number of amides is 4. The number of aromatic hydroxyl groups is 1. The molecule has 6 fully saturated rings. The van der Waals surface area contributed by atoms with E-state index >= 15 is 0 Å². The summed E-state index contributed by atoms with van der Waals surface area (Å²) in [4.78, 5) is 64.3. The van der Waals surface area contributed by atoms with Crippen LogP contribution >= 0.6 is 11.3 Å². The Morgan fingerprint density at radius 1 is 0.805 bits per heavy atom. The number of anilines is 4. The number of carbonyl (C=O) groups is 3. The minimum atomic E-state index is -0.841. The maximum Gasteiger partial charge on any atom is 0.320 e. The predicted octanol–water partition coefficient (Wildman–Crippen LogP) is 7.02. The summed E-state index contributed by atoms with van der Waals surface area (Å²) in [5.41, 5.74) is 14.3. The molecule has 2 aromatic carbocycles. The standard InChI is InChI=1S/C60H73N13O8S/c1-35(2)55(59(77)72-33-43(74)26-50(72)58(76)64-36(3)38-9-11-39(12-10-38)56-37(4)63-34-82-56)52-30-53(67-81-52)68-21-23-70(24-22-68)60(78)69-19-16-44(17-20-69)79-45-27-46(28-45)80-54-25-40(15-18-62-54)73-41-13-14-42(73)32-71(31-41)49-29-48(65-66-57(49)61)47-7-5-6-8-51(47)75/h5-12,15,18,25,29-30,34-36,41-46,50,55,74-75H,13-14,16-17,19-24,26-28,31-33H2,1-4H3,(H2,61,66)(H,64,76)/t36-,41+,42?,43+,45?,46?,50-,55-/m0/s1. The molecular formula is C60H73N13O8S. The highest BCUT2D eigenvalue weighted by Gasteiger charge is 2.45. The number of piperidine rings is 1. The van der Waals surface area contributed by atoms with Gasteiger partial charge in [0.1, 0.15) is 23.8 Å². The zero-order valence-electron chi connectivity index (χ0n) is 46.9. The van der Waals surface area contributed by atoms with Crippen molar-refractivity contribution >= 4 is 52.2 Å². The number of hydrogen-bond acceptors (Lipinski definition) is 18. The van der Waals surface area contributed by atoms with Crippen LogP contribution in [0, 0.1) is 12.8 Å². The first-order chi connectivity index (χ1) is 39.7. The van der Waals surface area contributed by atoms with Crippen LogP contribution in [-0.4, -0.2) is 170 Å². The summed E-state index contributed by atoms with van der Waals surface area (Å²) >= 11 is 1.59. The van der Waals surface area contributed by atoms with Gasteiger partial charge in [-0.3, -0.25) is 9.59 Å². The molecule has 6 aliphatic rings. The van der Waals surface area contributed by atoms with Crippen molar-refractivity contribution in [3.63, 3.8) is 0 Å². The fourth-order valence-electron chi connectivity index (χ4n) is 13.0. The molecule has 4 aromatic heterocycles. The van der Waals surface area contributed by atoms with E-state index in [2.05, 4.69) is 57.5 Å². The Morgan fingerprint density at radius 3 is 2.24 bits per heavy atom. The fourth-order valence-corrected chi connectivity index (χ4v) is 13.8. The summed E-state index contributed by atoms with van der Waals surface area (Å²) in [5.74, 6) is 0.628. The quantitative estimate of drug-likeness (QED) is 0.0807. The molecule has 12 rings (SSSR count). The largest absolute Gasteiger partial charge is 0.507 e. The predicted molar refractivity (Wildman–Crippen MR) is 311 cm³/mol. The molecule has 9 heterocycles. The number of carbonyl (C=O) groups excluding carboxylic acids is 3. The average molecular weight is 1140 g/mol. The summed E-state index contributed by atoms with van der Waals surface area (Å²) in [5, 5.41) is 37.3. The number of aliphatic hydroxyl groups is 1. The summed E-state index contributed by atoms with van der Waals surface area (Å²) in [6, 6.07) is 22.4. The van der Waals surface area contributed by atoms with Crippen LogP contribution in [0.5, 0.6) is 11.6 Å². The van der Waals surface area contributed by atoms with E-state index < -0.39 is 18.1 Å². The van der Waals surface area contributed by atoms with Gasteiger partial charge >= 0.3 is 6.03 Å². The first-order valence-corrected chi connectivity index (χ1v) is 29.9. The Balaban J connectivity index is 0.573. The van der Waals surface area contributed by atoms with Crippen LogP contribution in [0.3, 0.4) is 0 Å². The molecule has 2 bridgehead atoms. The maximum atomic E-state index is 14.4. The highest BCUT2D eigenvalue weighted by atomic mass is 32.1. The van der Waals surface area contributed by atoms with Crippen molar-refractivity contribution < 1.29 is 38.6 Å². The van der Waals surface area contributed by atoms with Crippen molar-refractivity contribution in [1.82, 2.24) is 45.3 Å². The molecule has 0 spiro atoms.